The molecule has 2 aromatic carbocycles. The van der Waals surface area contributed by atoms with E-state index in [0.29, 0.717) is 5.92 Å². The van der Waals surface area contributed by atoms with Crippen molar-refractivity contribution in [3.05, 3.63) is 54.5 Å². The molecule has 6 nitrogen and oxygen atoms in total. The number of aromatic amines is 1. The van der Waals surface area contributed by atoms with E-state index in [1.54, 1.807) is 13.4 Å². The lowest BCUT2D eigenvalue weighted by atomic mass is 9.91. The minimum absolute atomic E-state index is 0.471. The number of nitrogens with one attached hydrogen (secondary N) is 3. The fourth-order valence-electron chi connectivity index (χ4n) is 3.47. The van der Waals surface area contributed by atoms with Crippen molar-refractivity contribution >= 4 is 33.3 Å². The van der Waals surface area contributed by atoms with Gasteiger partial charge in [0.15, 0.2) is 0 Å². The van der Waals surface area contributed by atoms with Crippen LogP contribution in [0.25, 0.3) is 21.8 Å². The van der Waals surface area contributed by atoms with Crippen LogP contribution in [0.5, 0.6) is 5.75 Å². The van der Waals surface area contributed by atoms with Gasteiger partial charge in [-0.25, -0.2) is 9.97 Å². The summed E-state index contributed by atoms with van der Waals surface area (Å²) in [5, 5.41) is 8.94. The monoisotopic (exact) mass is 345 g/mol. The predicted molar refractivity (Wildman–Crippen MR) is 103 cm³/mol. The number of fused-ring (bicyclic) bond motifs is 2. The molecule has 6 heteroatoms. The average Bonchev–Trinajstić information content (AvgIpc) is 3.08. The molecule has 0 saturated carbocycles. The standard InChI is InChI=1S/C20H19N5O/c1-26-19-8-18-16(7-15(19)13-9-21-10-13)20(24-11-23-18)25-14-2-3-17-12(6-14)4-5-22-17/h2-8,11,13,21-22H,9-10H2,1H3,(H,23,24,25). The SMILES string of the molecule is COc1cc2ncnc(Nc3ccc4[nH]ccc4c3)c2cc1C1CNC1. The van der Waals surface area contributed by atoms with Crippen LogP contribution in [0, 0.1) is 0 Å². The summed E-state index contributed by atoms with van der Waals surface area (Å²) in [6.07, 6.45) is 3.53. The van der Waals surface area contributed by atoms with Crippen LogP contribution in [-0.4, -0.2) is 35.2 Å². The van der Waals surface area contributed by atoms with Gasteiger partial charge < -0.3 is 20.4 Å². The Balaban J connectivity index is 1.59. The first kappa shape index (κ1) is 15.2. The van der Waals surface area contributed by atoms with Crippen molar-refractivity contribution in [3.63, 3.8) is 0 Å². The normalized spacial score (nSPS) is 14.5. The number of methoxy groups -OCH3 is 1. The van der Waals surface area contributed by atoms with Gasteiger partial charge in [0, 0.05) is 58.8 Å². The Morgan fingerprint density at radius 2 is 2.04 bits per heavy atom. The maximum Gasteiger partial charge on any atom is 0.141 e. The van der Waals surface area contributed by atoms with E-state index in [4.69, 9.17) is 4.74 Å². The molecule has 130 valence electrons. The molecule has 1 aliphatic rings. The van der Waals surface area contributed by atoms with Gasteiger partial charge in [-0.3, -0.25) is 0 Å². The number of aromatic nitrogens is 3. The van der Waals surface area contributed by atoms with Crippen molar-refractivity contribution in [1.29, 1.82) is 0 Å². The molecule has 0 spiro atoms. The van der Waals surface area contributed by atoms with Gasteiger partial charge >= 0.3 is 0 Å². The summed E-state index contributed by atoms with van der Waals surface area (Å²) in [6, 6.07) is 12.5. The van der Waals surface area contributed by atoms with E-state index in [0.717, 1.165) is 52.2 Å². The Morgan fingerprint density at radius 3 is 2.85 bits per heavy atom. The van der Waals surface area contributed by atoms with Crippen LogP contribution in [0.1, 0.15) is 11.5 Å². The molecule has 5 rings (SSSR count). The fraction of sp³-hybridized carbons (Fsp3) is 0.200. The molecule has 0 aliphatic carbocycles. The van der Waals surface area contributed by atoms with Gasteiger partial charge in [0.1, 0.15) is 17.9 Å². The molecule has 26 heavy (non-hydrogen) atoms. The molecule has 4 aromatic rings. The first-order valence-corrected chi connectivity index (χ1v) is 8.69. The summed E-state index contributed by atoms with van der Waals surface area (Å²) in [5.74, 6) is 2.17. The second-order valence-corrected chi connectivity index (χ2v) is 6.59. The quantitative estimate of drug-likeness (QED) is 0.527. The first-order chi connectivity index (χ1) is 12.8. The van der Waals surface area contributed by atoms with Crippen LogP contribution >= 0.6 is 0 Å². The van der Waals surface area contributed by atoms with Crippen LogP contribution in [-0.2, 0) is 0 Å². The van der Waals surface area contributed by atoms with Gasteiger partial charge in [0.05, 0.1) is 12.6 Å². The van der Waals surface area contributed by atoms with E-state index in [1.807, 2.05) is 18.3 Å². The number of anilines is 2. The zero-order chi connectivity index (χ0) is 17.5. The van der Waals surface area contributed by atoms with Gasteiger partial charge in [0.25, 0.3) is 0 Å². The second kappa shape index (κ2) is 6.00. The Morgan fingerprint density at radius 1 is 1.12 bits per heavy atom. The summed E-state index contributed by atoms with van der Waals surface area (Å²) < 4.78 is 5.60. The summed E-state index contributed by atoms with van der Waals surface area (Å²) in [4.78, 5) is 12.1. The van der Waals surface area contributed by atoms with E-state index < -0.39 is 0 Å². The maximum atomic E-state index is 5.60. The van der Waals surface area contributed by atoms with Crippen LogP contribution in [0.3, 0.4) is 0 Å². The van der Waals surface area contributed by atoms with Crippen molar-refractivity contribution in [2.24, 2.45) is 0 Å². The van der Waals surface area contributed by atoms with E-state index in [1.165, 1.54) is 5.56 Å². The number of ether oxygens (including phenoxy) is 1. The lowest BCUT2D eigenvalue weighted by molar-refractivity contribution is 0.386. The Labute approximate surface area is 150 Å². The molecule has 1 aliphatic heterocycles. The van der Waals surface area contributed by atoms with Gasteiger partial charge in [-0.05, 0) is 30.3 Å². The van der Waals surface area contributed by atoms with E-state index in [9.17, 15) is 0 Å². The number of benzene rings is 2. The fourth-order valence-corrected chi connectivity index (χ4v) is 3.47. The molecule has 1 saturated heterocycles. The smallest absolute Gasteiger partial charge is 0.141 e. The lowest BCUT2D eigenvalue weighted by Crippen LogP contribution is -2.40. The highest BCUT2D eigenvalue weighted by Crippen LogP contribution is 2.35. The number of H-pyrrole nitrogens is 1. The van der Waals surface area contributed by atoms with Crippen LogP contribution in [0.4, 0.5) is 11.5 Å². The molecular formula is C20H19N5O. The molecule has 0 amide bonds. The highest BCUT2D eigenvalue weighted by molar-refractivity contribution is 5.93. The summed E-state index contributed by atoms with van der Waals surface area (Å²) >= 11 is 0. The van der Waals surface area contributed by atoms with Crippen molar-refractivity contribution in [1.82, 2.24) is 20.3 Å². The highest BCUT2D eigenvalue weighted by Gasteiger charge is 2.23. The molecular weight excluding hydrogens is 326 g/mol. The van der Waals surface area contributed by atoms with Crippen LogP contribution in [0.2, 0.25) is 0 Å². The molecule has 0 radical (unpaired) electrons. The Hall–Kier alpha value is -3.12. The van der Waals surface area contributed by atoms with Crippen molar-refractivity contribution in [2.45, 2.75) is 5.92 Å². The largest absolute Gasteiger partial charge is 0.496 e. The Kier molecular flexibility index (Phi) is 3.50. The minimum Gasteiger partial charge on any atom is -0.496 e. The molecule has 2 aromatic heterocycles. The minimum atomic E-state index is 0.471. The predicted octanol–water partition coefficient (Wildman–Crippen LogP) is 3.55. The van der Waals surface area contributed by atoms with Crippen LogP contribution < -0.4 is 15.4 Å². The topological polar surface area (TPSA) is 74.9 Å². The number of rotatable bonds is 4. The third-order valence-corrected chi connectivity index (χ3v) is 5.02. The van der Waals surface area contributed by atoms with Gasteiger partial charge in [-0.2, -0.15) is 0 Å². The van der Waals surface area contributed by atoms with Crippen LogP contribution in [0.15, 0.2) is 48.9 Å². The molecule has 3 N–H and O–H groups in total. The molecule has 0 unspecified atom stereocenters. The molecule has 0 atom stereocenters. The lowest BCUT2D eigenvalue weighted by Gasteiger charge is -2.29. The Bertz CT molecular complexity index is 1100. The third-order valence-electron chi connectivity index (χ3n) is 5.02. The van der Waals surface area contributed by atoms with Crippen molar-refractivity contribution in [3.8, 4) is 5.75 Å². The van der Waals surface area contributed by atoms with Gasteiger partial charge in [-0.15, -0.1) is 0 Å². The highest BCUT2D eigenvalue weighted by atomic mass is 16.5. The zero-order valence-electron chi connectivity index (χ0n) is 14.4. The van der Waals surface area contributed by atoms with E-state index in [-0.39, 0.29) is 0 Å². The van der Waals surface area contributed by atoms with Gasteiger partial charge in [0.2, 0.25) is 0 Å². The summed E-state index contributed by atoms with van der Waals surface area (Å²) in [6.45, 7) is 1.95. The second-order valence-electron chi connectivity index (χ2n) is 6.59. The zero-order valence-corrected chi connectivity index (χ0v) is 14.4. The number of hydrogen-bond acceptors (Lipinski definition) is 5. The van der Waals surface area contributed by atoms with E-state index >= 15 is 0 Å². The van der Waals surface area contributed by atoms with Crippen molar-refractivity contribution in [2.75, 3.05) is 25.5 Å². The van der Waals surface area contributed by atoms with Gasteiger partial charge in [-0.1, -0.05) is 0 Å². The number of nitrogens with zero attached hydrogens (tertiary/aromatic N) is 2. The summed E-state index contributed by atoms with van der Waals surface area (Å²) in [7, 11) is 1.71. The maximum absolute atomic E-state index is 5.60. The molecule has 1 fully saturated rings. The third kappa shape index (κ3) is 2.46. The van der Waals surface area contributed by atoms with E-state index in [2.05, 4.69) is 49.9 Å². The molecule has 3 heterocycles. The molecule has 0 bridgehead atoms. The first-order valence-electron chi connectivity index (χ1n) is 8.69. The van der Waals surface area contributed by atoms with Crippen molar-refractivity contribution < 1.29 is 4.74 Å². The number of hydrogen-bond donors (Lipinski definition) is 3. The summed E-state index contributed by atoms with van der Waals surface area (Å²) in [5.41, 5.74) is 4.20. The average molecular weight is 345 g/mol.